The minimum atomic E-state index is 0.458. The molecule has 0 fully saturated rings. The van der Waals surface area contributed by atoms with Crippen molar-refractivity contribution in [2.75, 3.05) is 0 Å². The molecule has 0 bridgehead atoms. The van der Waals surface area contributed by atoms with E-state index in [0.29, 0.717) is 6.54 Å². The van der Waals surface area contributed by atoms with E-state index >= 15 is 0 Å². The standard InChI is InChI=1S/C16H16BrN3/c1-10-3-4-12(7-11(10)2)16-14(8-18)20-9-13(17)5-6-15(20)19-16/h3-7,9H,8,18H2,1-2H3. The van der Waals surface area contributed by atoms with Gasteiger partial charge in [-0.05, 0) is 59.1 Å². The first-order chi connectivity index (χ1) is 9.60. The highest BCUT2D eigenvalue weighted by molar-refractivity contribution is 9.10. The predicted molar refractivity (Wildman–Crippen MR) is 85.7 cm³/mol. The smallest absolute Gasteiger partial charge is 0.137 e. The average molecular weight is 330 g/mol. The maximum atomic E-state index is 5.94. The number of nitrogens with two attached hydrogens (primary N) is 1. The number of hydrogen-bond acceptors (Lipinski definition) is 2. The van der Waals surface area contributed by atoms with Crippen molar-refractivity contribution in [3.63, 3.8) is 0 Å². The molecule has 2 aromatic heterocycles. The molecule has 20 heavy (non-hydrogen) atoms. The van der Waals surface area contributed by atoms with Gasteiger partial charge < -0.3 is 10.1 Å². The Balaban J connectivity index is 2.27. The molecule has 0 unspecified atom stereocenters. The molecule has 0 saturated heterocycles. The Kier molecular flexibility index (Phi) is 3.36. The van der Waals surface area contributed by atoms with Crippen molar-refractivity contribution in [2.24, 2.45) is 5.73 Å². The van der Waals surface area contributed by atoms with Crippen LogP contribution in [-0.4, -0.2) is 9.38 Å². The molecule has 0 radical (unpaired) electrons. The van der Waals surface area contributed by atoms with Gasteiger partial charge in [-0.1, -0.05) is 12.1 Å². The number of nitrogens with zero attached hydrogens (tertiary/aromatic N) is 2. The van der Waals surface area contributed by atoms with E-state index in [-0.39, 0.29) is 0 Å². The SMILES string of the molecule is Cc1ccc(-c2nc3ccc(Br)cn3c2CN)cc1C. The summed E-state index contributed by atoms with van der Waals surface area (Å²) in [6.45, 7) is 4.69. The van der Waals surface area contributed by atoms with Gasteiger partial charge in [-0.3, -0.25) is 0 Å². The summed E-state index contributed by atoms with van der Waals surface area (Å²) < 4.78 is 3.07. The zero-order valence-electron chi connectivity index (χ0n) is 11.5. The number of hydrogen-bond donors (Lipinski definition) is 1. The molecule has 0 aliphatic carbocycles. The highest BCUT2D eigenvalue weighted by Gasteiger charge is 2.13. The second kappa shape index (κ2) is 5.04. The van der Waals surface area contributed by atoms with E-state index in [1.54, 1.807) is 0 Å². The van der Waals surface area contributed by atoms with Gasteiger partial charge in [0.15, 0.2) is 0 Å². The van der Waals surface area contributed by atoms with Gasteiger partial charge in [0, 0.05) is 22.8 Å². The molecule has 0 amide bonds. The first-order valence-corrected chi connectivity index (χ1v) is 7.33. The number of aryl methyl sites for hydroxylation is 2. The van der Waals surface area contributed by atoms with Crippen molar-refractivity contribution in [1.82, 2.24) is 9.38 Å². The molecule has 1 aromatic carbocycles. The lowest BCUT2D eigenvalue weighted by atomic mass is 10.0. The molecule has 3 rings (SSSR count). The number of imidazole rings is 1. The fraction of sp³-hybridized carbons (Fsp3) is 0.188. The van der Waals surface area contributed by atoms with Crippen molar-refractivity contribution in [1.29, 1.82) is 0 Å². The molecule has 0 spiro atoms. The van der Waals surface area contributed by atoms with Crippen LogP contribution in [0.2, 0.25) is 0 Å². The van der Waals surface area contributed by atoms with Gasteiger partial charge in [0.2, 0.25) is 0 Å². The van der Waals surface area contributed by atoms with Crippen molar-refractivity contribution >= 4 is 21.6 Å². The van der Waals surface area contributed by atoms with E-state index in [1.165, 1.54) is 11.1 Å². The number of rotatable bonds is 2. The molecule has 2 heterocycles. The number of pyridine rings is 1. The Bertz CT molecular complexity index is 790. The monoisotopic (exact) mass is 329 g/mol. The summed E-state index contributed by atoms with van der Waals surface area (Å²) in [6.07, 6.45) is 2.01. The first-order valence-electron chi connectivity index (χ1n) is 6.54. The fourth-order valence-electron chi connectivity index (χ4n) is 2.38. The van der Waals surface area contributed by atoms with E-state index < -0.39 is 0 Å². The molecule has 0 aliphatic rings. The van der Waals surface area contributed by atoms with Gasteiger partial charge in [0.05, 0.1) is 11.4 Å². The first kappa shape index (κ1) is 13.3. The van der Waals surface area contributed by atoms with Crippen LogP contribution in [0.25, 0.3) is 16.9 Å². The number of halogens is 1. The Hall–Kier alpha value is -1.65. The minimum absolute atomic E-state index is 0.458. The van der Waals surface area contributed by atoms with Crippen molar-refractivity contribution in [3.8, 4) is 11.3 Å². The minimum Gasteiger partial charge on any atom is -0.325 e. The number of aromatic nitrogens is 2. The second-order valence-corrected chi connectivity index (χ2v) is 5.90. The molecule has 102 valence electrons. The van der Waals surface area contributed by atoms with E-state index in [1.807, 2.05) is 18.3 Å². The van der Waals surface area contributed by atoms with Crippen LogP contribution in [0.1, 0.15) is 16.8 Å². The zero-order chi connectivity index (χ0) is 14.3. The average Bonchev–Trinajstić information content (AvgIpc) is 2.79. The van der Waals surface area contributed by atoms with Crippen molar-refractivity contribution in [3.05, 3.63) is 57.8 Å². The normalized spacial score (nSPS) is 11.2. The van der Waals surface area contributed by atoms with Crippen LogP contribution in [0.3, 0.4) is 0 Å². The summed E-state index contributed by atoms with van der Waals surface area (Å²) in [4.78, 5) is 4.73. The lowest BCUT2D eigenvalue weighted by Crippen LogP contribution is -2.02. The van der Waals surface area contributed by atoms with E-state index in [2.05, 4.69) is 52.4 Å². The summed E-state index contributed by atoms with van der Waals surface area (Å²) >= 11 is 3.49. The molecule has 0 atom stereocenters. The van der Waals surface area contributed by atoms with Gasteiger partial charge in [-0.25, -0.2) is 4.98 Å². The van der Waals surface area contributed by atoms with Crippen LogP contribution in [0.5, 0.6) is 0 Å². The number of benzene rings is 1. The van der Waals surface area contributed by atoms with Crippen LogP contribution in [0, 0.1) is 13.8 Å². The third kappa shape index (κ3) is 2.15. The Labute approximate surface area is 126 Å². The Morgan fingerprint density at radius 2 is 1.95 bits per heavy atom. The largest absolute Gasteiger partial charge is 0.325 e. The topological polar surface area (TPSA) is 43.3 Å². The molecular formula is C16H16BrN3. The summed E-state index contributed by atoms with van der Waals surface area (Å²) in [5, 5.41) is 0. The van der Waals surface area contributed by atoms with Crippen molar-refractivity contribution in [2.45, 2.75) is 20.4 Å². The predicted octanol–water partition coefficient (Wildman–Crippen LogP) is 3.84. The lowest BCUT2D eigenvalue weighted by Gasteiger charge is -2.05. The molecule has 3 nitrogen and oxygen atoms in total. The van der Waals surface area contributed by atoms with Crippen LogP contribution in [0.4, 0.5) is 0 Å². The summed E-state index contributed by atoms with van der Waals surface area (Å²) in [5.41, 5.74) is 12.5. The quantitative estimate of drug-likeness (QED) is 0.776. The van der Waals surface area contributed by atoms with E-state index in [9.17, 15) is 0 Å². The Morgan fingerprint density at radius 3 is 2.65 bits per heavy atom. The summed E-state index contributed by atoms with van der Waals surface area (Å²) in [7, 11) is 0. The highest BCUT2D eigenvalue weighted by Crippen LogP contribution is 2.27. The maximum Gasteiger partial charge on any atom is 0.137 e. The van der Waals surface area contributed by atoms with Crippen LogP contribution in [0.15, 0.2) is 41.0 Å². The van der Waals surface area contributed by atoms with Crippen molar-refractivity contribution < 1.29 is 0 Å². The van der Waals surface area contributed by atoms with Crippen LogP contribution < -0.4 is 5.73 Å². The van der Waals surface area contributed by atoms with Gasteiger partial charge in [0.1, 0.15) is 5.65 Å². The van der Waals surface area contributed by atoms with Gasteiger partial charge in [-0.2, -0.15) is 0 Å². The lowest BCUT2D eigenvalue weighted by molar-refractivity contribution is 0.959. The molecule has 4 heteroatoms. The van der Waals surface area contributed by atoms with E-state index in [4.69, 9.17) is 10.7 Å². The summed E-state index contributed by atoms with van der Waals surface area (Å²) in [6, 6.07) is 10.4. The summed E-state index contributed by atoms with van der Waals surface area (Å²) in [5.74, 6) is 0. The van der Waals surface area contributed by atoms with Crippen LogP contribution in [-0.2, 0) is 6.54 Å². The van der Waals surface area contributed by atoms with Gasteiger partial charge >= 0.3 is 0 Å². The highest BCUT2D eigenvalue weighted by atomic mass is 79.9. The zero-order valence-corrected chi connectivity index (χ0v) is 13.1. The van der Waals surface area contributed by atoms with Crippen LogP contribution >= 0.6 is 15.9 Å². The van der Waals surface area contributed by atoms with Gasteiger partial charge in [0.25, 0.3) is 0 Å². The molecular weight excluding hydrogens is 314 g/mol. The molecule has 0 saturated carbocycles. The maximum absolute atomic E-state index is 5.94. The fourth-order valence-corrected chi connectivity index (χ4v) is 2.72. The second-order valence-electron chi connectivity index (χ2n) is 4.99. The molecule has 3 aromatic rings. The molecule has 0 aliphatic heterocycles. The Morgan fingerprint density at radius 1 is 1.15 bits per heavy atom. The third-order valence-corrected chi connectivity index (χ3v) is 4.12. The van der Waals surface area contributed by atoms with Gasteiger partial charge in [-0.15, -0.1) is 0 Å². The van der Waals surface area contributed by atoms with E-state index in [0.717, 1.165) is 27.1 Å². The molecule has 2 N–H and O–H groups in total. The number of fused-ring (bicyclic) bond motifs is 1. The third-order valence-electron chi connectivity index (χ3n) is 3.66.